The van der Waals surface area contributed by atoms with Gasteiger partial charge in [-0.15, -0.1) is 0 Å². The fourth-order valence-electron chi connectivity index (χ4n) is 4.47. The number of aromatic nitrogens is 2. The Labute approximate surface area is 165 Å². The molecule has 1 saturated carbocycles. The molecular formula is C22H26N4O2. The number of piperidine rings is 1. The quantitative estimate of drug-likeness (QED) is 0.800. The van der Waals surface area contributed by atoms with Gasteiger partial charge in [0.05, 0.1) is 17.8 Å². The van der Waals surface area contributed by atoms with E-state index >= 15 is 0 Å². The van der Waals surface area contributed by atoms with E-state index in [-0.39, 0.29) is 5.41 Å². The molecule has 6 heteroatoms. The van der Waals surface area contributed by atoms with E-state index in [0.29, 0.717) is 24.3 Å². The minimum absolute atomic E-state index is 0.127. The Morgan fingerprint density at radius 3 is 2.36 bits per heavy atom. The van der Waals surface area contributed by atoms with Crippen molar-refractivity contribution in [1.29, 1.82) is 0 Å². The molecule has 1 spiro atoms. The van der Waals surface area contributed by atoms with Crippen LogP contribution in [0.15, 0.2) is 42.7 Å². The molecular weight excluding hydrogens is 352 g/mol. The first-order valence-corrected chi connectivity index (χ1v) is 10.3. The molecule has 6 nitrogen and oxygen atoms in total. The van der Waals surface area contributed by atoms with Crippen LogP contribution in [-0.2, 0) is 11.4 Å². The van der Waals surface area contributed by atoms with Gasteiger partial charge in [-0.1, -0.05) is 30.3 Å². The number of hydrogen-bond acceptors (Lipinski definition) is 5. The molecule has 0 unspecified atom stereocenters. The van der Waals surface area contributed by atoms with E-state index in [1.54, 1.807) is 12.4 Å². The molecule has 0 N–H and O–H groups in total. The normalized spacial score (nSPS) is 21.4. The third-order valence-corrected chi connectivity index (χ3v) is 6.40. The van der Waals surface area contributed by atoms with Crippen molar-refractivity contribution in [1.82, 2.24) is 14.9 Å². The van der Waals surface area contributed by atoms with Crippen LogP contribution in [-0.4, -0.2) is 46.5 Å². The highest BCUT2D eigenvalue weighted by Gasteiger charge is 2.51. The van der Waals surface area contributed by atoms with Crippen molar-refractivity contribution in [3.05, 3.63) is 48.3 Å². The minimum Gasteiger partial charge on any atom is -0.486 e. The molecule has 2 saturated heterocycles. The first-order chi connectivity index (χ1) is 13.7. The molecule has 1 aromatic heterocycles. The van der Waals surface area contributed by atoms with Crippen LogP contribution in [0.4, 0.5) is 5.95 Å². The Morgan fingerprint density at radius 2 is 1.68 bits per heavy atom. The zero-order valence-electron chi connectivity index (χ0n) is 16.1. The summed E-state index contributed by atoms with van der Waals surface area (Å²) < 4.78 is 5.77. The summed E-state index contributed by atoms with van der Waals surface area (Å²) in [5.41, 5.74) is 0.993. The molecule has 3 aliphatic rings. The van der Waals surface area contributed by atoms with Crippen molar-refractivity contribution in [2.45, 2.75) is 44.8 Å². The van der Waals surface area contributed by atoms with Gasteiger partial charge < -0.3 is 14.5 Å². The second-order valence-electron chi connectivity index (χ2n) is 8.24. The monoisotopic (exact) mass is 378 g/mol. The van der Waals surface area contributed by atoms with Crippen LogP contribution < -0.4 is 9.64 Å². The third-order valence-electron chi connectivity index (χ3n) is 6.40. The van der Waals surface area contributed by atoms with Crippen LogP contribution in [0, 0.1) is 5.41 Å². The molecule has 2 aromatic rings. The van der Waals surface area contributed by atoms with Crippen molar-refractivity contribution < 1.29 is 9.53 Å². The average molecular weight is 378 g/mol. The Hall–Kier alpha value is -2.63. The molecule has 28 heavy (non-hydrogen) atoms. The molecule has 5 rings (SSSR count). The number of rotatable bonds is 5. The van der Waals surface area contributed by atoms with E-state index < -0.39 is 0 Å². The number of likely N-dealkylation sites (tertiary alicyclic amines) is 1. The summed E-state index contributed by atoms with van der Waals surface area (Å²) in [6.45, 7) is 3.14. The highest BCUT2D eigenvalue weighted by Crippen LogP contribution is 2.45. The fraction of sp³-hybridized carbons (Fsp3) is 0.500. The molecule has 3 heterocycles. The van der Waals surface area contributed by atoms with Gasteiger partial charge in [-0.05, 0) is 37.7 Å². The predicted molar refractivity (Wildman–Crippen MR) is 106 cm³/mol. The van der Waals surface area contributed by atoms with Gasteiger partial charge in [-0.25, -0.2) is 9.97 Å². The van der Waals surface area contributed by atoms with Gasteiger partial charge in [0.1, 0.15) is 6.61 Å². The largest absolute Gasteiger partial charge is 0.486 e. The summed E-state index contributed by atoms with van der Waals surface area (Å²) in [7, 11) is 0. The maximum absolute atomic E-state index is 12.9. The molecule has 146 valence electrons. The number of carbonyl (C=O) groups excluding carboxylic acids is 1. The van der Waals surface area contributed by atoms with Crippen LogP contribution in [0.25, 0.3) is 0 Å². The summed E-state index contributed by atoms with van der Waals surface area (Å²) in [5, 5.41) is 0. The van der Waals surface area contributed by atoms with E-state index in [1.807, 2.05) is 30.3 Å². The van der Waals surface area contributed by atoms with Gasteiger partial charge in [-0.3, -0.25) is 4.79 Å². The van der Waals surface area contributed by atoms with Crippen molar-refractivity contribution in [2.75, 3.05) is 24.5 Å². The van der Waals surface area contributed by atoms with Crippen molar-refractivity contribution >= 4 is 11.9 Å². The number of nitrogens with zero attached hydrogens (tertiary/aromatic N) is 4. The van der Waals surface area contributed by atoms with Gasteiger partial charge in [0.2, 0.25) is 11.9 Å². The van der Waals surface area contributed by atoms with Crippen LogP contribution in [0.5, 0.6) is 5.75 Å². The van der Waals surface area contributed by atoms with Crippen LogP contribution in [0.3, 0.4) is 0 Å². The molecule has 1 amide bonds. The highest BCUT2D eigenvalue weighted by molar-refractivity contribution is 5.85. The summed E-state index contributed by atoms with van der Waals surface area (Å²) >= 11 is 0. The molecule has 0 bridgehead atoms. The van der Waals surface area contributed by atoms with Gasteiger partial charge in [0.25, 0.3) is 0 Å². The van der Waals surface area contributed by atoms with E-state index in [9.17, 15) is 4.79 Å². The molecule has 1 aliphatic carbocycles. The lowest BCUT2D eigenvalue weighted by Gasteiger charge is -2.38. The number of anilines is 1. The Bertz CT molecular complexity index is 827. The lowest BCUT2D eigenvalue weighted by atomic mass is 9.77. The molecule has 0 atom stereocenters. The molecule has 0 radical (unpaired) electrons. The summed E-state index contributed by atoms with van der Waals surface area (Å²) in [6, 6.07) is 10.6. The molecule has 2 aliphatic heterocycles. The summed E-state index contributed by atoms with van der Waals surface area (Å²) in [5.74, 6) is 1.80. The highest BCUT2D eigenvalue weighted by atomic mass is 16.5. The SMILES string of the molecule is O=C1N(C2CC2)CCC12CCN(c1ncc(OCc3ccccc3)cn1)CC2. The second-order valence-corrected chi connectivity index (χ2v) is 8.24. The van der Waals surface area contributed by atoms with Crippen LogP contribution in [0.1, 0.15) is 37.7 Å². The number of carbonyl (C=O) groups is 1. The predicted octanol–water partition coefficient (Wildman–Crippen LogP) is 3.04. The fourth-order valence-corrected chi connectivity index (χ4v) is 4.47. The lowest BCUT2D eigenvalue weighted by Crippen LogP contribution is -2.45. The van der Waals surface area contributed by atoms with Gasteiger partial charge >= 0.3 is 0 Å². The lowest BCUT2D eigenvalue weighted by molar-refractivity contribution is -0.137. The van der Waals surface area contributed by atoms with Gasteiger partial charge in [0, 0.05) is 25.7 Å². The number of amides is 1. The van der Waals surface area contributed by atoms with Gasteiger partial charge in [-0.2, -0.15) is 0 Å². The van der Waals surface area contributed by atoms with Crippen molar-refractivity contribution in [2.24, 2.45) is 5.41 Å². The topological polar surface area (TPSA) is 58.6 Å². The molecule has 1 aromatic carbocycles. The smallest absolute Gasteiger partial charge is 0.229 e. The third kappa shape index (κ3) is 3.32. The van der Waals surface area contributed by atoms with Gasteiger partial charge in [0.15, 0.2) is 5.75 Å². The Balaban J connectivity index is 1.17. The average Bonchev–Trinajstić information content (AvgIpc) is 3.54. The maximum Gasteiger partial charge on any atom is 0.229 e. The van der Waals surface area contributed by atoms with E-state index in [2.05, 4.69) is 19.8 Å². The minimum atomic E-state index is -0.127. The summed E-state index contributed by atoms with van der Waals surface area (Å²) in [4.78, 5) is 26.2. The van der Waals surface area contributed by atoms with E-state index in [1.165, 1.54) is 12.8 Å². The van der Waals surface area contributed by atoms with Crippen LogP contribution >= 0.6 is 0 Å². The number of hydrogen-bond donors (Lipinski definition) is 0. The zero-order chi connectivity index (χ0) is 19.0. The number of benzene rings is 1. The molecule has 3 fully saturated rings. The van der Waals surface area contributed by atoms with Crippen LogP contribution in [0.2, 0.25) is 0 Å². The number of ether oxygens (including phenoxy) is 1. The van der Waals surface area contributed by atoms with E-state index in [0.717, 1.165) is 50.4 Å². The Kier molecular flexibility index (Phi) is 4.41. The van der Waals surface area contributed by atoms with Crippen molar-refractivity contribution in [3.8, 4) is 5.75 Å². The summed E-state index contributed by atoms with van der Waals surface area (Å²) in [6.07, 6.45) is 8.70. The second kappa shape index (κ2) is 7.08. The zero-order valence-corrected chi connectivity index (χ0v) is 16.1. The maximum atomic E-state index is 12.9. The first kappa shape index (κ1) is 17.5. The Morgan fingerprint density at radius 1 is 1.00 bits per heavy atom. The van der Waals surface area contributed by atoms with E-state index in [4.69, 9.17) is 4.74 Å². The first-order valence-electron chi connectivity index (χ1n) is 10.3. The van der Waals surface area contributed by atoms with Crippen molar-refractivity contribution in [3.63, 3.8) is 0 Å². The standard InChI is InChI=1S/C22H26N4O2/c27-20-22(10-13-26(20)18-6-7-18)8-11-25(12-9-22)21-23-14-19(15-24-21)28-16-17-4-2-1-3-5-17/h1-5,14-15,18H,6-13,16H2.